The monoisotopic (exact) mass is 273 g/mol. The van der Waals surface area contributed by atoms with Crippen LogP contribution in [0.1, 0.15) is 12.5 Å². The average molecular weight is 273 g/mol. The molecule has 0 aliphatic carbocycles. The number of hydrogen-bond acceptors (Lipinski definition) is 2. The van der Waals surface area contributed by atoms with Gasteiger partial charge >= 0.3 is 0 Å². The van der Waals surface area contributed by atoms with Crippen molar-refractivity contribution in [2.45, 2.75) is 19.4 Å². The Hall–Kier alpha value is -1.88. The third-order valence-corrected chi connectivity index (χ3v) is 3.86. The third kappa shape index (κ3) is 2.00. The summed E-state index contributed by atoms with van der Waals surface area (Å²) in [4.78, 5) is 17.0. The second kappa shape index (κ2) is 4.66. The second-order valence-electron chi connectivity index (χ2n) is 4.65. The second-order valence-corrected chi connectivity index (χ2v) is 5.03. The maximum absolute atomic E-state index is 12.2. The molecular weight excluding hydrogens is 258 g/mol. The molecule has 1 atom stereocenters. The zero-order chi connectivity index (χ0) is 13.4. The van der Waals surface area contributed by atoms with E-state index in [2.05, 4.69) is 16.4 Å². The zero-order valence-corrected chi connectivity index (χ0v) is 11.5. The standard InChI is InChI=1S/C14H15N3OS/c1-2-17-13(18)12(16-14(17)19)7-9-8-15-11-6-4-3-5-10(9)11/h3-6,8,12,15H,2,7H2,1H3,(H,16,19)/t12-/m0/s1. The number of fused-ring (bicyclic) bond motifs is 1. The van der Waals surface area contributed by atoms with Gasteiger partial charge in [-0.2, -0.15) is 0 Å². The Kier molecular flexibility index (Phi) is 2.98. The fraction of sp³-hybridized carbons (Fsp3) is 0.286. The van der Waals surface area contributed by atoms with Crippen molar-refractivity contribution in [3.63, 3.8) is 0 Å². The van der Waals surface area contributed by atoms with Crippen molar-refractivity contribution in [1.29, 1.82) is 0 Å². The molecule has 19 heavy (non-hydrogen) atoms. The molecule has 3 rings (SSSR count). The highest BCUT2D eigenvalue weighted by Crippen LogP contribution is 2.21. The van der Waals surface area contributed by atoms with Gasteiger partial charge in [0.25, 0.3) is 5.91 Å². The predicted molar refractivity (Wildman–Crippen MR) is 78.9 cm³/mol. The Morgan fingerprint density at radius 1 is 1.37 bits per heavy atom. The number of carbonyl (C=O) groups is 1. The first-order valence-corrected chi connectivity index (χ1v) is 6.78. The van der Waals surface area contributed by atoms with Crippen molar-refractivity contribution in [2.75, 3.05) is 6.54 Å². The highest BCUT2D eigenvalue weighted by Gasteiger charge is 2.34. The van der Waals surface area contributed by atoms with Crippen LogP contribution in [0.2, 0.25) is 0 Å². The Labute approximate surface area is 116 Å². The first-order chi connectivity index (χ1) is 9.20. The molecule has 2 heterocycles. The van der Waals surface area contributed by atoms with Gasteiger partial charge in [-0.15, -0.1) is 0 Å². The number of nitrogens with zero attached hydrogens (tertiary/aromatic N) is 1. The fourth-order valence-electron chi connectivity index (χ4n) is 2.54. The summed E-state index contributed by atoms with van der Waals surface area (Å²) in [7, 11) is 0. The molecule has 1 aliphatic heterocycles. The van der Waals surface area contributed by atoms with E-state index in [9.17, 15) is 4.79 Å². The number of hydrogen-bond donors (Lipinski definition) is 2. The molecule has 2 aromatic rings. The molecule has 1 aromatic heterocycles. The van der Waals surface area contributed by atoms with Crippen molar-refractivity contribution in [1.82, 2.24) is 15.2 Å². The van der Waals surface area contributed by atoms with Crippen LogP contribution in [-0.4, -0.2) is 33.5 Å². The molecule has 1 aliphatic rings. The van der Waals surface area contributed by atoms with Crippen LogP contribution >= 0.6 is 12.2 Å². The van der Waals surface area contributed by atoms with Crippen LogP contribution in [0.3, 0.4) is 0 Å². The minimum absolute atomic E-state index is 0.0674. The van der Waals surface area contributed by atoms with Crippen molar-refractivity contribution in [3.05, 3.63) is 36.0 Å². The summed E-state index contributed by atoms with van der Waals surface area (Å²) in [5.74, 6) is 0.0674. The van der Waals surface area contributed by atoms with E-state index in [1.54, 1.807) is 4.90 Å². The lowest BCUT2D eigenvalue weighted by molar-refractivity contribution is -0.126. The van der Waals surface area contributed by atoms with Gasteiger partial charge in [0.15, 0.2) is 5.11 Å². The van der Waals surface area contributed by atoms with Crippen molar-refractivity contribution < 1.29 is 4.79 Å². The quantitative estimate of drug-likeness (QED) is 0.839. The van der Waals surface area contributed by atoms with E-state index in [-0.39, 0.29) is 11.9 Å². The molecule has 5 heteroatoms. The highest BCUT2D eigenvalue weighted by atomic mass is 32.1. The van der Waals surface area contributed by atoms with E-state index >= 15 is 0 Å². The van der Waals surface area contributed by atoms with Gasteiger partial charge in [0, 0.05) is 30.1 Å². The normalized spacial score (nSPS) is 19.2. The highest BCUT2D eigenvalue weighted by molar-refractivity contribution is 7.80. The maximum Gasteiger partial charge on any atom is 0.251 e. The number of carbonyl (C=O) groups excluding carboxylic acids is 1. The van der Waals surface area contributed by atoms with Crippen LogP contribution in [0, 0.1) is 0 Å². The summed E-state index contributed by atoms with van der Waals surface area (Å²) < 4.78 is 0. The Balaban J connectivity index is 1.86. The minimum Gasteiger partial charge on any atom is -0.361 e. The Morgan fingerprint density at radius 3 is 2.89 bits per heavy atom. The van der Waals surface area contributed by atoms with E-state index in [1.165, 1.54) is 0 Å². The Morgan fingerprint density at radius 2 is 2.16 bits per heavy atom. The molecule has 1 amide bonds. The van der Waals surface area contributed by atoms with Crippen LogP contribution in [0.4, 0.5) is 0 Å². The van der Waals surface area contributed by atoms with E-state index in [0.29, 0.717) is 18.1 Å². The van der Waals surface area contributed by atoms with Gasteiger partial charge < -0.3 is 10.3 Å². The molecule has 98 valence electrons. The minimum atomic E-state index is -0.244. The van der Waals surface area contributed by atoms with Crippen molar-refractivity contribution in [2.24, 2.45) is 0 Å². The van der Waals surface area contributed by atoms with Gasteiger partial charge in [-0.3, -0.25) is 9.69 Å². The summed E-state index contributed by atoms with van der Waals surface area (Å²) in [6.45, 7) is 2.55. The Bertz CT molecular complexity index is 649. The van der Waals surface area contributed by atoms with Crippen molar-refractivity contribution >= 4 is 34.1 Å². The van der Waals surface area contributed by atoms with Crippen LogP contribution in [0.25, 0.3) is 10.9 Å². The number of H-pyrrole nitrogens is 1. The molecule has 0 spiro atoms. The van der Waals surface area contributed by atoms with E-state index in [1.807, 2.05) is 31.3 Å². The van der Waals surface area contributed by atoms with Crippen LogP contribution < -0.4 is 5.32 Å². The smallest absolute Gasteiger partial charge is 0.251 e. The first kappa shape index (κ1) is 12.2. The summed E-state index contributed by atoms with van der Waals surface area (Å²) in [5.41, 5.74) is 2.24. The number of benzene rings is 1. The van der Waals surface area contributed by atoms with Gasteiger partial charge in [-0.25, -0.2) is 0 Å². The number of aromatic amines is 1. The molecule has 0 unspecified atom stereocenters. The molecule has 0 radical (unpaired) electrons. The molecule has 1 saturated heterocycles. The van der Waals surface area contributed by atoms with Crippen LogP contribution in [0.5, 0.6) is 0 Å². The lowest BCUT2D eigenvalue weighted by atomic mass is 10.1. The fourth-order valence-corrected chi connectivity index (χ4v) is 2.90. The molecule has 1 fully saturated rings. The summed E-state index contributed by atoms with van der Waals surface area (Å²) in [6.07, 6.45) is 2.62. The van der Waals surface area contributed by atoms with Gasteiger partial charge in [0.2, 0.25) is 0 Å². The predicted octanol–water partition coefficient (Wildman–Crippen LogP) is 1.82. The number of nitrogens with one attached hydrogen (secondary N) is 2. The van der Waals surface area contributed by atoms with Crippen LogP contribution in [0.15, 0.2) is 30.5 Å². The van der Waals surface area contributed by atoms with Gasteiger partial charge in [-0.1, -0.05) is 18.2 Å². The average Bonchev–Trinajstić information content (AvgIpc) is 2.93. The summed E-state index contributed by atoms with van der Waals surface area (Å²) in [6, 6.07) is 7.86. The number of rotatable bonds is 3. The zero-order valence-electron chi connectivity index (χ0n) is 10.6. The molecule has 0 bridgehead atoms. The number of thiocarbonyl (C=S) groups is 1. The van der Waals surface area contributed by atoms with Crippen LogP contribution in [-0.2, 0) is 11.2 Å². The number of amides is 1. The van der Waals surface area contributed by atoms with Gasteiger partial charge in [-0.05, 0) is 30.8 Å². The number of likely N-dealkylation sites (N-methyl/N-ethyl adjacent to an activating group) is 1. The lowest BCUT2D eigenvalue weighted by Gasteiger charge is -2.10. The molecular formula is C14H15N3OS. The van der Waals surface area contributed by atoms with Gasteiger partial charge in [0.05, 0.1) is 0 Å². The first-order valence-electron chi connectivity index (χ1n) is 6.37. The molecule has 4 nitrogen and oxygen atoms in total. The summed E-state index contributed by atoms with van der Waals surface area (Å²) in [5, 5.41) is 4.81. The molecule has 2 N–H and O–H groups in total. The number of aromatic nitrogens is 1. The third-order valence-electron chi connectivity index (χ3n) is 3.52. The maximum atomic E-state index is 12.2. The largest absolute Gasteiger partial charge is 0.361 e. The van der Waals surface area contributed by atoms with E-state index < -0.39 is 0 Å². The van der Waals surface area contributed by atoms with E-state index in [0.717, 1.165) is 16.5 Å². The van der Waals surface area contributed by atoms with Crippen molar-refractivity contribution in [3.8, 4) is 0 Å². The molecule has 1 aromatic carbocycles. The lowest BCUT2D eigenvalue weighted by Crippen LogP contribution is -2.32. The summed E-state index contributed by atoms with van der Waals surface area (Å²) >= 11 is 5.17. The topological polar surface area (TPSA) is 48.1 Å². The molecule has 0 saturated carbocycles. The van der Waals surface area contributed by atoms with Gasteiger partial charge in [0.1, 0.15) is 6.04 Å². The SMILES string of the molecule is CCN1C(=O)[C@H](Cc2c[nH]c3ccccc23)NC1=S. The number of para-hydroxylation sites is 1. The van der Waals surface area contributed by atoms with E-state index in [4.69, 9.17) is 12.2 Å².